The molecular formula is C17H21N3O2. The standard InChI is InChI=1S/C17H21N3O2/c1-17(2,3)11-4-6-12(7-5-11)20-14-8-9-18-10-13(14)15(19-20)16(21)22/h4-7,18H,8-10H2,1-3H3,(H,21,22). The van der Waals surface area contributed by atoms with Crippen LogP contribution in [0, 0.1) is 0 Å². The quantitative estimate of drug-likeness (QED) is 0.894. The zero-order valence-corrected chi connectivity index (χ0v) is 13.2. The van der Waals surface area contributed by atoms with Crippen molar-refractivity contribution in [1.82, 2.24) is 15.1 Å². The lowest BCUT2D eigenvalue weighted by atomic mass is 9.87. The molecule has 0 amide bonds. The number of fused-ring (bicyclic) bond motifs is 1. The first-order valence-electron chi connectivity index (χ1n) is 7.53. The highest BCUT2D eigenvalue weighted by atomic mass is 16.4. The van der Waals surface area contributed by atoms with Gasteiger partial charge in [-0.3, -0.25) is 0 Å². The van der Waals surface area contributed by atoms with Crippen LogP contribution in [0.1, 0.15) is 48.1 Å². The van der Waals surface area contributed by atoms with Crippen LogP contribution in [0.5, 0.6) is 0 Å². The van der Waals surface area contributed by atoms with Crippen molar-refractivity contribution in [1.29, 1.82) is 0 Å². The SMILES string of the molecule is CC(C)(C)c1ccc(-n2nc(C(=O)O)c3c2CCNC3)cc1. The molecule has 0 bridgehead atoms. The summed E-state index contributed by atoms with van der Waals surface area (Å²) in [5.41, 5.74) is 4.22. The van der Waals surface area contributed by atoms with Gasteiger partial charge in [0.1, 0.15) is 0 Å². The molecule has 2 N–H and O–H groups in total. The van der Waals surface area contributed by atoms with E-state index in [1.807, 2.05) is 12.1 Å². The summed E-state index contributed by atoms with van der Waals surface area (Å²) in [6.45, 7) is 7.93. The van der Waals surface area contributed by atoms with Gasteiger partial charge in [-0.25, -0.2) is 9.48 Å². The van der Waals surface area contributed by atoms with Crippen LogP contribution in [0.2, 0.25) is 0 Å². The third kappa shape index (κ3) is 2.52. The Balaban J connectivity index is 2.07. The minimum absolute atomic E-state index is 0.0955. The maximum atomic E-state index is 11.4. The van der Waals surface area contributed by atoms with Crippen molar-refractivity contribution in [3.8, 4) is 5.69 Å². The van der Waals surface area contributed by atoms with Crippen molar-refractivity contribution < 1.29 is 9.90 Å². The normalized spacial score (nSPS) is 14.7. The van der Waals surface area contributed by atoms with E-state index >= 15 is 0 Å². The smallest absolute Gasteiger partial charge is 0.356 e. The van der Waals surface area contributed by atoms with E-state index in [1.54, 1.807) is 4.68 Å². The number of aromatic nitrogens is 2. The van der Waals surface area contributed by atoms with Gasteiger partial charge >= 0.3 is 5.97 Å². The van der Waals surface area contributed by atoms with Gasteiger partial charge < -0.3 is 10.4 Å². The number of aromatic carboxylic acids is 1. The van der Waals surface area contributed by atoms with Gasteiger partial charge in [0, 0.05) is 25.1 Å². The topological polar surface area (TPSA) is 67.2 Å². The number of carboxylic acids is 1. The van der Waals surface area contributed by atoms with Crippen molar-refractivity contribution >= 4 is 5.97 Å². The maximum Gasteiger partial charge on any atom is 0.356 e. The molecule has 0 radical (unpaired) electrons. The highest BCUT2D eigenvalue weighted by Crippen LogP contribution is 2.26. The van der Waals surface area contributed by atoms with Gasteiger partial charge in [-0.05, 0) is 23.1 Å². The maximum absolute atomic E-state index is 11.4. The van der Waals surface area contributed by atoms with E-state index in [0.29, 0.717) is 6.54 Å². The third-order valence-corrected chi connectivity index (χ3v) is 4.11. The second-order valence-electron chi connectivity index (χ2n) is 6.71. The van der Waals surface area contributed by atoms with E-state index in [-0.39, 0.29) is 11.1 Å². The molecule has 5 heteroatoms. The van der Waals surface area contributed by atoms with Gasteiger partial charge in [0.15, 0.2) is 5.69 Å². The molecule has 1 aliphatic heterocycles. The average Bonchev–Trinajstić information content (AvgIpc) is 2.86. The molecule has 0 saturated carbocycles. The molecule has 0 atom stereocenters. The molecule has 1 aromatic carbocycles. The first kappa shape index (κ1) is 14.8. The Kier molecular flexibility index (Phi) is 3.53. The Morgan fingerprint density at radius 3 is 2.55 bits per heavy atom. The van der Waals surface area contributed by atoms with E-state index in [4.69, 9.17) is 0 Å². The summed E-state index contributed by atoms with van der Waals surface area (Å²) in [5.74, 6) is -0.968. The van der Waals surface area contributed by atoms with Crippen LogP contribution in [0.3, 0.4) is 0 Å². The third-order valence-electron chi connectivity index (χ3n) is 4.11. The van der Waals surface area contributed by atoms with Gasteiger partial charge in [-0.2, -0.15) is 5.10 Å². The van der Waals surface area contributed by atoms with Crippen molar-refractivity contribution in [2.75, 3.05) is 6.54 Å². The molecule has 0 fully saturated rings. The molecule has 0 aliphatic carbocycles. The fraction of sp³-hybridized carbons (Fsp3) is 0.412. The van der Waals surface area contributed by atoms with E-state index in [2.05, 4.69) is 43.3 Å². The predicted molar refractivity (Wildman–Crippen MR) is 84.6 cm³/mol. The zero-order chi connectivity index (χ0) is 15.9. The zero-order valence-electron chi connectivity index (χ0n) is 13.2. The van der Waals surface area contributed by atoms with Crippen LogP contribution < -0.4 is 5.32 Å². The van der Waals surface area contributed by atoms with Gasteiger partial charge in [-0.1, -0.05) is 32.9 Å². The highest BCUT2D eigenvalue weighted by molar-refractivity contribution is 5.87. The second kappa shape index (κ2) is 5.25. The van der Waals surface area contributed by atoms with Gasteiger partial charge in [0.05, 0.1) is 11.4 Å². The molecule has 22 heavy (non-hydrogen) atoms. The monoisotopic (exact) mass is 299 g/mol. The van der Waals surface area contributed by atoms with Crippen LogP contribution in [-0.2, 0) is 18.4 Å². The van der Waals surface area contributed by atoms with E-state index < -0.39 is 5.97 Å². The number of nitrogens with zero attached hydrogens (tertiary/aromatic N) is 2. The Labute approximate surface area is 130 Å². The van der Waals surface area contributed by atoms with Gasteiger partial charge in [0.25, 0.3) is 0 Å². The van der Waals surface area contributed by atoms with Crippen LogP contribution in [0.15, 0.2) is 24.3 Å². The minimum Gasteiger partial charge on any atom is -0.476 e. The first-order valence-corrected chi connectivity index (χ1v) is 7.53. The van der Waals surface area contributed by atoms with Crippen LogP contribution in [-0.4, -0.2) is 27.4 Å². The molecule has 0 unspecified atom stereocenters. The molecule has 0 spiro atoms. The Morgan fingerprint density at radius 1 is 1.27 bits per heavy atom. The van der Waals surface area contributed by atoms with E-state index in [0.717, 1.165) is 29.9 Å². The molecular weight excluding hydrogens is 278 g/mol. The summed E-state index contributed by atoms with van der Waals surface area (Å²) in [6.07, 6.45) is 0.788. The molecule has 5 nitrogen and oxygen atoms in total. The number of hydrogen-bond donors (Lipinski definition) is 2. The summed E-state index contributed by atoms with van der Waals surface area (Å²) >= 11 is 0. The van der Waals surface area contributed by atoms with Crippen LogP contribution in [0.25, 0.3) is 5.69 Å². The molecule has 0 saturated heterocycles. The number of rotatable bonds is 2. The lowest BCUT2D eigenvalue weighted by Crippen LogP contribution is -2.25. The summed E-state index contributed by atoms with van der Waals surface area (Å²) in [5, 5.41) is 16.9. The lowest BCUT2D eigenvalue weighted by molar-refractivity contribution is 0.0688. The van der Waals surface area contributed by atoms with E-state index in [9.17, 15) is 9.90 Å². The predicted octanol–water partition coefficient (Wildman–Crippen LogP) is 2.51. The van der Waals surface area contributed by atoms with Crippen molar-refractivity contribution in [3.05, 3.63) is 46.8 Å². The minimum atomic E-state index is -0.968. The van der Waals surface area contributed by atoms with E-state index in [1.165, 1.54) is 5.56 Å². The number of nitrogens with one attached hydrogen (secondary N) is 1. The summed E-state index contributed by atoms with van der Waals surface area (Å²) < 4.78 is 1.78. The fourth-order valence-electron chi connectivity index (χ4n) is 2.84. The summed E-state index contributed by atoms with van der Waals surface area (Å²) in [7, 11) is 0. The number of benzene rings is 1. The number of hydrogen-bond acceptors (Lipinski definition) is 3. The van der Waals surface area contributed by atoms with Gasteiger partial charge in [-0.15, -0.1) is 0 Å². The largest absolute Gasteiger partial charge is 0.476 e. The molecule has 2 heterocycles. The molecule has 1 aliphatic rings. The highest BCUT2D eigenvalue weighted by Gasteiger charge is 2.25. The number of carboxylic acid groups (broad SMARTS) is 1. The Hall–Kier alpha value is -2.14. The molecule has 2 aromatic rings. The van der Waals surface area contributed by atoms with Crippen molar-refractivity contribution in [2.24, 2.45) is 0 Å². The fourth-order valence-corrected chi connectivity index (χ4v) is 2.84. The lowest BCUT2D eigenvalue weighted by Gasteiger charge is -2.20. The van der Waals surface area contributed by atoms with Gasteiger partial charge in [0.2, 0.25) is 0 Å². The average molecular weight is 299 g/mol. The van der Waals surface area contributed by atoms with Crippen LogP contribution in [0.4, 0.5) is 0 Å². The van der Waals surface area contributed by atoms with Crippen LogP contribution >= 0.6 is 0 Å². The summed E-state index contributed by atoms with van der Waals surface area (Å²) in [6, 6.07) is 8.21. The van der Waals surface area contributed by atoms with Crippen molar-refractivity contribution in [2.45, 2.75) is 39.2 Å². The number of carbonyl (C=O) groups is 1. The Bertz CT molecular complexity index is 709. The first-order chi connectivity index (χ1) is 10.4. The molecule has 3 rings (SSSR count). The van der Waals surface area contributed by atoms with Crippen molar-refractivity contribution in [3.63, 3.8) is 0 Å². The summed E-state index contributed by atoms with van der Waals surface area (Å²) in [4.78, 5) is 11.4. The Morgan fingerprint density at radius 2 is 1.95 bits per heavy atom. The second-order valence-corrected chi connectivity index (χ2v) is 6.71. The molecule has 116 valence electrons. The molecule has 1 aromatic heterocycles.